The topological polar surface area (TPSA) is 29.1 Å². The number of hydrogen-bond acceptors (Lipinski definition) is 1. The van der Waals surface area contributed by atoms with Crippen LogP contribution >= 0.6 is 22.6 Å². The molecule has 0 atom stereocenters. The van der Waals surface area contributed by atoms with Gasteiger partial charge in [0.05, 0.1) is 0 Å². The number of amides is 1. The lowest BCUT2D eigenvalue weighted by Crippen LogP contribution is -2.11. The standard InChI is InChI=1S/C15H22INO/c1-2-3-4-5-6-7-11-15(18)17-14-10-8-9-13(16)12-14/h8-10,12H,2-7,11H2,1H3,(H,17,18). The van der Waals surface area contributed by atoms with Crippen molar-refractivity contribution in [2.45, 2.75) is 51.9 Å². The fourth-order valence-corrected chi connectivity index (χ4v) is 2.40. The highest BCUT2D eigenvalue weighted by Gasteiger charge is 2.02. The molecule has 100 valence electrons. The molecule has 0 radical (unpaired) electrons. The molecular formula is C15H22INO. The molecule has 0 saturated heterocycles. The molecule has 0 aliphatic heterocycles. The van der Waals surface area contributed by atoms with Crippen molar-refractivity contribution in [2.24, 2.45) is 0 Å². The van der Waals surface area contributed by atoms with Gasteiger partial charge in [0.2, 0.25) is 5.91 Å². The number of nitrogens with one attached hydrogen (secondary N) is 1. The van der Waals surface area contributed by atoms with Gasteiger partial charge in [-0.15, -0.1) is 0 Å². The van der Waals surface area contributed by atoms with E-state index in [0.717, 1.165) is 15.7 Å². The minimum absolute atomic E-state index is 0.132. The summed E-state index contributed by atoms with van der Waals surface area (Å²) >= 11 is 2.25. The number of benzene rings is 1. The summed E-state index contributed by atoms with van der Waals surface area (Å²) < 4.78 is 1.14. The maximum Gasteiger partial charge on any atom is 0.224 e. The quantitative estimate of drug-likeness (QED) is 0.515. The van der Waals surface area contributed by atoms with E-state index < -0.39 is 0 Å². The Hall–Kier alpha value is -0.580. The van der Waals surface area contributed by atoms with E-state index in [0.29, 0.717) is 6.42 Å². The van der Waals surface area contributed by atoms with Crippen molar-refractivity contribution < 1.29 is 4.79 Å². The van der Waals surface area contributed by atoms with Crippen LogP contribution < -0.4 is 5.32 Å². The number of hydrogen-bond donors (Lipinski definition) is 1. The summed E-state index contributed by atoms with van der Waals surface area (Å²) in [6.07, 6.45) is 7.94. The molecule has 3 heteroatoms. The Labute approximate surface area is 124 Å². The Morgan fingerprint density at radius 3 is 2.61 bits per heavy atom. The Balaban J connectivity index is 2.14. The number of carbonyl (C=O) groups excluding carboxylic acids is 1. The second-order valence-electron chi connectivity index (χ2n) is 4.58. The zero-order valence-corrected chi connectivity index (χ0v) is 13.2. The highest BCUT2D eigenvalue weighted by atomic mass is 127. The van der Waals surface area contributed by atoms with Crippen LogP contribution in [-0.2, 0) is 4.79 Å². The first-order valence-electron chi connectivity index (χ1n) is 6.78. The van der Waals surface area contributed by atoms with Crippen LogP contribution in [-0.4, -0.2) is 5.91 Å². The summed E-state index contributed by atoms with van der Waals surface area (Å²) in [5.41, 5.74) is 0.901. The number of unbranched alkanes of at least 4 members (excludes halogenated alkanes) is 5. The number of carbonyl (C=O) groups is 1. The van der Waals surface area contributed by atoms with E-state index in [1.54, 1.807) is 0 Å². The average Bonchev–Trinajstić information content (AvgIpc) is 2.33. The molecule has 0 spiro atoms. The highest BCUT2D eigenvalue weighted by Crippen LogP contribution is 2.13. The van der Waals surface area contributed by atoms with Gasteiger partial charge >= 0.3 is 0 Å². The zero-order valence-electron chi connectivity index (χ0n) is 11.0. The van der Waals surface area contributed by atoms with Gasteiger partial charge in [-0.25, -0.2) is 0 Å². The lowest BCUT2D eigenvalue weighted by Gasteiger charge is -2.05. The average molecular weight is 359 g/mol. The van der Waals surface area contributed by atoms with Crippen LogP contribution in [0.4, 0.5) is 5.69 Å². The third-order valence-electron chi connectivity index (χ3n) is 2.87. The van der Waals surface area contributed by atoms with Gasteiger partial charge in [0, 0.05) is 15.7 Å². The molecular weight excluding hydrogens is 337 g/mol. The summed E-state index contributed by atoms with van der Waals surface area (Å²) in [7, 11) is 0. The van der Waals surface area contributed by atoms with Crippen molar-refractivity contribution in [1.82, 2.24) is 0 Å². The van der Waals surface area contributed by atoms with E-state index in [2.05, 4.69) is 34.8 Å². The van der Waals surface area contributed by atoms with Crippen LogP contribution in [0.2, 0.25) is 0 Å². The monoisotopic (exact) mass is 359 g/mol. The first-order chi connectivity index (χ1) is 8.72. The van der Waals surface area contributed by atoms with Gasteiger partial charge in [-0.1, -0.05) is 45.1 Å². The molecule has 1 aromatic carbocycles. The summed E-state index contributed by atoms with van der Waals surface area (Å²) in [5, 5.41) is 2.94. The lowest BCUT2D eigenvalue weighted by molar-refractivity contribution is -0.116. The fraction of sp³-hybridized carbons (Fsp3) is 0.533. The normalized spacial score (nSPS) is 10.3. The van der Waals surface area contributed by atoms with Crippen molar-refractivity contribution >= 4 is 34.2 Å². The molecule has 1 amide bonds. The first-order valence-corrected chi connectivity index (χ1v) is 7.85. The Kier molecular flexibility index (Phi) is 8.05. The van der Waals surface area contributed by atoms with E-state index in [4.69, 9.17) is 0 Å². The van der Waals surface area contributed by atoms with Crippen molar-refractivity contribution in [3.63, 3.8) is 0 Å². The molecule has 1 aromatic rings. The van der Waals surface area contributed by atoms with E-state index in [1.807, 2.05) is 24.3 Å². The van der Waals surface area contributed by atoms with Gasteiger partial charge < -0.3 is 5.32 Å². The Morgan fingerprint density at radius 1 is 1.17 bits per heavy atom. The second-order valence-corrected chi connectivity index (χ2v) is 5.82. The maximum absolute atomic E-state index is 11.7. The Morgan fingerprint density at radius 2 is 1.89 bits per heavy atom. The fourth-order valence-electron chi connectivity index (χ4n) is 1.86. The molecule has 0 aliphatic carbocycles. The number of halogens is 1. The van der Waals surface area contributed by atoms with Gasteiger partial charge in [-0.2, -0.15) is 0 Å². The third-order valence-corrected chi connectivity index (χ3v) is 3.54. The molecule has 1 rings (SSSR count). The van der Waals surface area contributed by atoms with E-state index >= 15 is 0 Å². The molecule has 0 bridgehead atoms. The van der Waals surface area contributed by atoms with Crippen molar-refractivity contribution in [1.29, 1.82) is 0 Å². The predicted molar refractivity (Wildman–Crippen MR) is 85.8 cm³/mol. The summed E-state index contributed by atoms with van der Waals surface area (Å²) in [6.45, 7) is 2.22. The van der Waals surface area contributed by atoms with Gasteiger partial charge in [0.15, 0.2) is 0 Å². The summed E-state index contributed by atoms with van der Waals surface area (Å²) in [6, 6.07) is 7.90. The first kappa shape index (κ1) is 15.5. The van der Waals surface area contributed by atoms with Gasteiger partial charge in [-0.05, 0) is 47.2 Å². The van der Waals surface area contributed by atoms with Crippen LogP contribution in [0.1, 0.15) is 51.9 Å². The predicted octanol–water partition coefficient (Wildman–Crippen LogP) is 4.98. The van der Waals surface area contributed by atoms with E-state index in [9.17, 15) is 4.79 Å². The van der Waals surface area contributed by atoms with Gasteiger partial charge in [0.25, 0.3) is 0 Å². The molecule has 1 N–H and O–H groups in total. The van der Waals surface area contributed by atoms with Crippen molar-refractivity contribution in [3.8, 4) is 0 Å². The van der Waals surface area contributed by atoms with Gasteiger partial charge in [0.1, 0.15) is 0 Å². The van der Waals surface area contributed by atoms with Crippen LogP contribution in [0.5, 0.6) is 0 Å². The molecule has 2 nitrogen and oxygen atoms in total. The maximum atomic E-state index is 11.7. The van der Waals surface area contributed by atoms with Crippen LogP contribution in [0.15, 0.2) is 24.3 Å². The molecule has 18 heavy (non-hydrogen) atoms. The number of rotatable bonds is 8. The molecule has 0 unspecified atom stereocenters. The van der Waals surface area contributed by atoms with Crippen LogP contribution in [0.25, 0.3) is 0 Å². The lowest BCUT2D eigenvalue weighted by atomic mass is 10.1. The third kappa shape index (κ3) is 6.99. The van der Waals surface area contributed by atoms with Crippen LogP contribution in [0.3, 0.4) is 0 Å². The molecule has 0 aliphatic rings. The zero-order chi connectivity index (χ0) is 13.2. The number of anilines is 1. The molecule has 0 fully saturated rings. The second kappa shape index (κ2) is 9.36. The van der Waals surface area contributed by atoms with Crippen molar-refractivity contribution in [3.05, 3.63) is 27.8 Å². The minimum Gasteiger partial charge on any atom is -0.326 e. The minimum atomic E-state index is 0.132. The summed E-state index contributed by atoms with van der Waals surface area (Å²) in [4.78, 5) is 11.7. The summed E-state index contributed by atoms with van der Waals surface area (Å²) in [5.74, 6) is 0.132. The highest BCUT2D eigenvalue weighted by molar-refractivity contribution is 14.1. The van der Waals surface area contributed by atoms with E-state index in [1.165, 1.54) is 32.1 Å². The SMILES string of the molecule is CCCCCCCCC(=O)Nc1cccc(I)c1. The molecule has 0 heterocycles. The molecule has 0 saturated carbocycles. The molecule has 0 aromatic heterocycles. The van der Waals surface area contributed by atoms with Crippen LogP contribution in [0, 0.1) is 3.57 Å². The van der Waals surface area contributed by atoms with E-state index in [-0.39, 0.29) is 5.91 Å². The Bertz CT molecular complexity index is 365. The van der Waals surface area contributed by atoms with Gasteiger partial charge in [-0.3, -0.25) is 4.79 Å². The largest absolute Gasteiger partial charge is 0.326 e. The smallest absolute Gasteiger partial charge is 0.224 e. The van der Waals surface area contributed by atoms with Crippen molar-refractivity contribution in [2.75, 3.05) is 5.32 Å².